The second kappa shape index (κ2) is 13.7. The molecule has 0 heterocycles. The highest BCUT2D eigenvalue weighted by Crippen LogP contribution is 2.30. The molecule has 2 amide bonds. The molecule has 0 fully saturated rings. The predicted molar refractivity (Wildman–Crippen MR) is 151 cm³/mol. The maximum Gasteiger partial charge on any atom is 0.244 e. The molecule has 0 aliphatic heterocycles. The average Bonchev–Trinajstić information content (AvgIpc) is 2.93. The summed E-state index contributed by atoms with van der Waals surface area (Å²) < 4.78 is 37.5. The fourth-order valence-electron chi connectivity index (χ4n) is 4.24. The average molecular weight is 554 g/mol. The number of anilines is 1. The molecule has 9 nitrogen and oxygen atoms in total. The van der Waals surface area contributed by atoms with E-state index >= 15 is 0 Å². The molecule has 1 atom stereocenters. The normalized spacial score (nSPS) is 11.8. The van der Waals surface area contributed by atoms with Crippen LogP contribution in [-0.4, -0.2) is 64.7 Å². The second-order valence-electron chi connectivity index (χ2n) is 8.91. The van der Waals surface area contributed by atoms with E-state index in [0.717, 1.165) is 21.7 Å². The van der Waals surface area contributed by atoms with Crippen LogP contribution in [0.1, 0.15) is 18.1 Å². The summed E-state index contributed by atoms with van der Waals surface area (Å²) in [6.45, 7) is 1.73. The smallest absolute Gasteiger partial charge is 0.244 e. The lowest BCUT2D eigenvalue weighted by molar-refractivity contribution is -0.140. The Kier molecular flexibility index (Phi) is 10.3. The monoisotopic (exact) mass is 553 g/mol. The highest BCUT2D eigenvalue weighted by molar-refractivity contribution is 7.92. The first-order valence-corrected chi connectivity index (χ1v) is 14.4. The number of carbonyl (C=O) groups is 2. The van der Waals surface area contributed by atoms with Gasteiger partial charge in [0, 0.05) is 19.5 Å². The van der Waals surface area contributed by atoms with Crippen molar-refractivity contribution in [2.24, 2.45) is 0 Å². The van der Waals surface area contributed by atoms with Crippen molar-refractivity contribution in [3.63, 3.8) is 0 Å². The molecule has 10 heteroatoms. The third kappa shape index (κ3) is 7.97. The van der Waals surface area contributed by atoms with E-state index in [9.17, 15) is 18.0 Å². The van der Waals surface area contributed by atoms with Crippen LogP contribution in [0.2, 0.25) is 0 Å². The number of nitrogens with one attached hydrogen (secondary N) is 1. The van der Waals surface area contributed by atoms with E-state index in [4.69, 9.17) is 9.47 Å². The summed E-state index contributed by atoms with van der Waals surface area (Å²) in [6, 6.07) is 22.3. The Balaban J connectivity index is 2.07. The molecule has 0 aliphatic carbocycles. The summed E-state index contributed by atoms with van der Waals surface area (Å²) in [4.78, 5) is 28.8. The van der Waals surface area contributed by atoms with Crippen molar-refractivity contribution < 1.29 is 27.5 Å². The van der Waals surface area contributed by atoms with Gasteiger partial charge in [0.2, 0.25) is 21.8 Å². The van der Waals surface area contributed by atoms with Crippen molar-refractivity contribution in [1.29, 1.82) is 0 Å². The van der Waals surface area contributed by atoms with Crippen LogP contribution >= 0.6 is 0 Å². The van der Waals surface area contributed by atoms with Crippen molar-refractivity contribution in [2.45, 2.75) is 25.9 Å². The van der Waals surface area contributed by atoms with E-state index in [1.165, 1.54) is 12.0 Å². The van der Waals surface area contributed by atoms with Gasteiger partial charge in [0.25, 0.3) is 0 Å². The zero-order chi connectivity index (χ0) is 28.4. The number of benzene rings is 3. The zero-order valence-corrected chi connectivity index (χ0v) is 23.5. The summed E-state index contributed by atoms with van der Waals surface area (Å²) >= 11 is 0. The minimum Gasteiger partial charge on any atom is -0.497 e. The number of likely N-dealkylation sites (N-methyl/N-ethyl adjacent to an activating group) is 1. The van der Waals surface area contributed by atoms with Crippen LogP contribution in [0.25, 0.3) is 0 Å². The molecule has 0 saturated heterocycles. The van der Waals surface area contributed by atoms with Crippen molar-refractivity contribution in [2.75, 3.05) is 37.9 Å². The fraction of sp³-hybridized carbons (Fsp3) is 0.310. The number of methoxy groups -OCH3 is 2. The van der Waals surface area contributed by atoms with Gasteiger partial charge in [-0.2, -0.15) is 0 Å². The number of hydrogen-bond acceptors (Lipinski definition) is 6. The van der Waals surface area contributed by atoms with Crippen LogP contribution in [0.15, 0.2) is 78.9 Å². The number of carbonyl (C=O) groups excluding carboxylic acids is 2. The first-order chi connectivity index (χ1) is 18.7. The quantitative estimate of drug-likeness (QED) is 0.349. The minimum atomic E-state index is -3.89. The van der Waals surface area contributed by atoms with Crippen LogP contribution in [-0.2, 0) is 32.6 Å². The molecule has 0 spiro atoms. The summed E-state index contributed by atoms with van der Waals surface area (Å²) in [5.74, 6) is 0.0334. The van der Waals surface area contributed by atoms with Gasteiger partial charge in [-0.25, -0.2) is 8.42 Å². The SMILES string of the molecule is CCNC(=O)[C@H](Cc1ccccc1)N(Cc1cccc(OC)c1)C(=O)CN(c1ccccc1OC)S(C)(=O)=O. The van der Waals surface area contributed by atoms with Crippen LogP contribution in [0, 0.1) is 0 Å². The van der Waals surface area contributed by atoms with Gasteiger partial charge in [0.05, 0.1) is 26.2 Å². The van der Waals surface area contributed by atoms with E-state index in [1.54, 1.807) is 56.5 Å². The lowest BCUT2D eigenvalue weighted by Gasteiger charge is -2.33. The van der Waals surface area contributed by atoms with Crippen LogP contribution in [0.3, 0.4) is 0 Å². The molecule has 0 aliphatic rings. The maximum absolute atomic E-state index is 14.0. The summed E-state index contributed by atoms with van der Waals surface area (Å²) in [5, 5.41) is 2.83. The summed E-state index contributed by atoms with van der Waals surface area (Å²) in [7, 11) is -0.913. The third-order valence-corrected chi connectivity index (χ3v) is 7.27. The van der Waals surface area contributed by atoms with Gasteiger partial charge in [-0.3, -0.25) is 13.9 Å². The van der Waals surface area contributed by atoms with Gasteiger partial charge < -0.3 is 19.7 Å². The van der Waals surface area contributed by atoms with E-state index < -0.39 is 28.5 Å². The summed E-state index contributed by atoms with van der Waals surface area (Å²) in [5.41, 5.74) is 1.82. The largest absolute Gasteiger partial charge is 0.497 e. The second-order valence-corrected chi connectivity index (χ2v) is 10.8. The van der Waals surface area contributed by atoms with Crippen LogP contribution in [0.4, 0.5) is 5.69 Å². The Morgan fingerprint density at radius 1 is 0.897 bits per heavy atom. The van der Waals surface area contributed by atoms with Gasteiger partial charge in [-0.15, -0.1) is 0 Å². The van der Waals surface area contributed by atoms with E-state index in [-0.39, 0.29) is 24.6 Å². The standard InChI is InChI=1S/C29H35N3O6S/c1-5-30-29(34)26(19-22-12-7-6-8-13-22)31(20-23-14-11-15-24(18-23)37-2)28(33)21-32(39(4,35)36)25-16-9-10-17-27(25)38-3/h6-18,26H,5,19-21H2,1-4H3,(H,30,34)/t26-/m0/s1. The first kappa shape index (κ1) is 29.5. The molecule has 3 rings (SSSR count). The molecule has 3 aromatic rings. The Morgan fingerprint density at radius 3 is 2.21 bits per heavy atom. The molecular formula is C29H35N3O6S. The number of amides is 2. The topological polar surface area (TPSA) is 105 Å². The van der Waals surface area contributed by atoms with Crippen molar-refractivity contribution in [3.8, 4) is 11.5 Å². The van der Waals surface area contributed by atoms with E-state index in [2.05, 4.69) is 5.32 Å². The van der Waals surface area contributed by atoms with Gasteiger partial charge in [0.1, 0.15) is 24.1 Å². The fourth-order valence-corrected chi connectivity index (χ4v) is 5.10. The molecule has 0 bridgehead atoms. The molecule has 1 N–H and O–H groups in total. The van der Waals surface area contributed by atoms with Crippen molar-refractivity contribution in [1.82, 2.24) is 10.2 Å². The predicted octanol–water partition coefficient (Wildman–Crippen LogP) is 3.25. The lowest BCUT2D eigenvalue weighted by Crippen LogP contribution is -2.53. The van der Waals surface area contributed by atoms with Crippen molar-refractivity contribution >= 4 is 27.5 Å². The lowest BCUT2D eigenvalue weighted by atomic mass is 10.0. The number of hydrogen-bond donors (Lipinski definition) is 1. The van der Waals surface area contributed by atoms with Crippen LogP contribution in [0.5, 0.6) is 11.5 Å². The van der Waals surface area contributed by atoms with Gasteiger partial charge in [-0.05, 0) is 42.3 Å². The Labute approximate surface area is 230 Å². The number of sulfonamides is 1. The number of ether oxygens (including phenoxy) is 2. The molecular weight excluding hydrogens is 518 g/mol. The van der Waals surface area contributed by atoms with Gasteiger partial charge in [-0.1, -0.05) is 54.6 Å². The maximum atomic E-state index is 14.0. The van der Waals surface area contributed by atoms with Gasteiger partial charge >= 0.3 is 0 Å². The molecule has 208 valence electrons. The molecule has 39 heavy (non-hydrogen) atoms. The first-order valence-electron chi connectivity index (χ1n) is 12.5. The minimum absolute atomic E-state index is 0.0637. The third-order valence-electron chi connectivity index (χ3n) is 6.14. The van der Waals surface area contributed by atoms with Crippen molar-refractivity contribution in [3.05, 3.63) is 90.0 Å². The Bertz CT molecular complexity index is 1360. The van der Waals surface area contributed by atoms with E-state index in [0.29, 0.717) is 18.0 Å². The highest BCUT2D eigenvalue weighted by atomic mass is 32.2. The highest BCUT2D eigenvalue weighted by Gasteiger charge is 2.33. The number of rotatable bonds is 13. The molecule has 0 aromatic heterocycles. The number of para-hydroxylation sites is 2. The Hall–Kier alpha value is -4.05. The Morgan fingerprint density at radius 2 is 1.56 bits per heavy atom. The zero-order valence-electron chi connectivity index (χ0n) is 22.7. The molecule has 3 aromatic carbocycles. The van der Waals surface area contributed by atoms with E-state index in [1.807, 2.05) is 36.4 Å². The molecule has 0 unspecified atom stereocenters. The number of nitrogens with zero attached hydrogens (tertiary/aromatic N) is 2. The molecule has 0 radical (unpaired) electrons. The summed E-state index contributed by atoms with van der Waals surface area (Å²) in [6.07, 6.45) is 1.28. The molecule has 0 saturated carbocycles. The van der Waals surface area contributed by atoms with Crippen LogP contribution < -0.4 is 19.1 Å². The van der Waals surface area contributed by atoms with Gasteiger partial charge in [0.15, 0.2) is 0 Å².